The van der Waals surface area contributed by atoms with Gasteiger partial charge in [-0.1, -0.05) is 47.4 Å². The summed E-state index contributed by atoms with van der Waals surface area (Å²) in [5, 5.41) is 12.4. The zero-order valence-electron chi connectivity index (χ0n) is 11.2. The minimum atomic E-state index is 0.844. The number of benzene rings is 1. The number of hydrogen-bond donors (Lipinski definition) is 0. The molecule has 0 fully saturated rings. The van der Waals surface area contributed by atoms with Crippen molar-refractivity contribution in [2.24, 2.45) is 0 Å². The molecule has 3 rings (SSSR count). The first-order valence-electron chi connectivity index (χ1n) is 6.15. The second-order valence-corrected chi connectivity index (χ2v) is 7.60. The highest BCUT2D eigenvalue weighted by Gasteiger charge is 2.08. The van der Waals surface area contributed by atoms with Crippen LogP contribution in [0.25, 0.3) is 10.6 Å². The summed E-state index contributed by atoms with van der Waals surface area (Å²) < 4.78 is 1.01. The van der Waals surface area contributed by atoms with E-state index < -0.39 is 0 Å². The third-order valence-electron chi connectivity index (χ3n) is 2.78. The Labute approximate surface area is 130 Å². The van der Waals surface area contributed by atoms with E-state index in [2.05, 4.69) is 46.8 Å². The number of aromatic nitrogens is 3. The van der Waals surface area contributed by atoms with Gasteiger partial charge in [-0.15, -0.1) is 21.5 Å². The highest BCUT2D eigenvalue weighted by Crippen LogP contribution is 2.30. The summed E-state index contributed by atoms with van der Waals surface area (Å²) in [5.41, 5.74) is 3.59. The van der Waals surface area contributed by atoms with E-state index in [9.17, 15) is 0 Å². The van der Waals surface area contributed by atoms with Gasteiger partial charge in [-0.05, 0) is 19.4 Å². The van der Waals surface area contributed by atoms with Crippen LogP contribution in [-0.2, 0) is 5.75 Å². The zero-order chi connectivity index (χ0) is 13.9. The Morgan fingerprint density at radius 2 is 2.00 bits per heavy atom. The van der Waals surface area contributed by atoms with Gasteiger partial charge in [0.15, 0.2) is 4.34 Å². The van der Waals surface area contributed by atoms with Gasteiger partial charge in [0, 0.05) is 16.7 Å². The maximum atomic E-state index is 4.72. The fraction of sp³-hybridized carbons (Fsp3) is 0.214. The summed E-state index contributed by atoms with van der Waals surface area (Å²) in [6.07, 6.45) is 0. The lowest BCUT2D eigenvalue weighted by molar-refractivity contribution is 0.983. The van der Waals surface area contributed by atoms with E-state index in [4.69, 9.17) is 4.98 Å². The molecule has 0 aliphatic carbocycles. The summed E-state index contributed by atoms with van der Waals surface area (Å²) in [5.74, 6) is 0.844. The fourth-order valence-corrected chi connectivity index (χ4v) is 4.51. The van der Waals surface area contributed by atoms with Gasteiger partial charge >= 0.3 is 0 Å². The van der Waals surface area contributed by atoms with Crippen LogP contribution in [0.5, 0.6) is 0 Å². The first-order chi connectivity index (χ1) is 9.72. The van der Waals surface area contributed by atoms with Crippen LogP contribution in [0, 0.1) is 13.8 Å². The summed E-state index contributed by atoms with van der Waals surface area (Å²) in [4.78, 5) is 4.72. The number of aryl methyl sites for hydroxylation is 2. The molecule has 1 aromatic carbocycles. The number of rotatable bonds is 4. The third kappa shape index (κ3) is 3.08. The Morgan fingerprint density at radius 3 is 2.75 bits per heavy atom. The molecule has 0 saturated heterocycles. The number of thioether (sulfide) groups is 1. The van der Waals surface area contributed by atoms with E-state index >= 15 is 0 Å². The first kappa shape index (κ1) is 13.7. The molecule has 0 radical (unpaired) electrons. The molecule has 0 spiro atoms. The molecule has 0 aliphatic heterocycles. The Kier molecular flexibility index (Phi) is 4.14. The van der Waals surface area contributed by atoms with Gasteiger partial charge < -0.3 is 0 Å². The maximum absolute atomic E-state index is 4.72. The minimum absolute atomic E-state index is 0.844. The largest absolute Gasteiger partial charge is 0.240 e. The molecule has 6 heteroatoms. The van der Waals surface area contributed by atoms with Crippen LogP contribution < -0.4 is 0 Å². The monoisotopic (exact) mass is 319 g/mol. The Morgan fingerprint density at radius 1 is 1.15 bits per heavy atom. The average molecular weight is 319 g/mol. The SMILES string of the molecule is Cc1nnc(SCc2csc(-c3ccccc3C)n2)s1. The van der Waals surface area contributed by atoms with Gasteiger partial charge in [0.2, 0.25) is 0 Å². The van der Waals surface area contributed by atoms with Gasteiger partial charge in [0.1, 0.15) is 10.0 Å². The van der Waals surface area contributed by atoms with Crippen LogP contribution in [0.2, 0.25) is 0 Å². The standard InChI is InChI=1S/C14H13N3S3/c1-9-5-3-4-6-12(9)13-15-11(7-18-13)8-19-14-17-16-10(2)20-14/h3-7H,8H2,1-2H3. The molecular formula is C14H13N3S3. The highest BCUT2D eigenvalue weighted by atomic mass is 32.2. The van der Waals surface area contributed by atoms with Crippen molar-refractivity contribution in [3.8, 4) is 10.6 Å². The van der Waals surface area contributed by atoms with E-state index in [1.54, 1.807) is 34.4 Å². The Hall–Kier alpha value is -1.24. The molecule has 0 bridgehead atoms. The lowest BCUT2D eigenvalue weighted by atomic mass is 10.1. The van der Waals surface area contributed by atoms with Crippen LogP contribution in [0.3, 0.4) is 0 Å². The molecule has 2 aromatic heterocycles. The van der Waals surface area contributed by atoms with E-state index in [1.165, 1.54) is 11.1 Å². The van der Waals surface area contributed by atoms with Crippen molar-refractivity contribution in [2.45, 2.75) is 23.9 Å². The summed E-state index contributed by atoms with van der Waals surface area (Å²) in [6, 6.07) is 8.36. The molecule has 102 valence electrons. The second kappa shape index (κ2) is 6.03. The normalized spacial score (nSPS) is 10.9. The van der Waals surface area contributed by atoms with E-state index in [0.717, 1.165) is 25.8 Å². The predicted octanol–water partition coefficient (Wildman–Crippen LogP) is 4.57. The highest BCUT2D eigenvalue weighted by molar-refractivity contribution is 8.00. The second-order valence-electron chi connectivity index (χ2n) is 4.33. The van der Waals surface area contributed by atoms with Crippen LogP contribution in [0.4, 0.5) is 0 Å². The van der Waals surface area contributed by atoms with Gasteiger partial charge in [0.05, 0.1) is 5.69 Å². The Balaban J connectivity index is 1.72. The Bertz CT molecular complexity index is 718. The summed E-state index contributed by atoms with van der Waals surface area (Å²) in [7, 11) is 0. The van der Waals surface area contributed by atoms with Crippen molar-refractivity contribution in [3.05, 3.63) is 45.9 Å². The molecule has 3 nitrogen and oxygen atoms in total. The van der Waals surface area contributed by atoms with Crippen molar-refractivity contribution in [1.82, 2.24) is 15.2 Å². The van der Waals surface area contributed by atoms with Crippen LogP contribution >= 0.6 is 34.4 Å². The maximum Gasteiger partial charge on any atom is 0.174 e. The fourth-order valence-electron chi connectivity index (χ4n) is 1.78. The van der Waals surface area contributed by atoms with E-state index in [1.807, 2.05) is 6.92 Å². The van der Waals surface area contributed by atoms with Gasteiger partial charge in [-0.25, -0.2) is 4.98 Å². The van der Waals surface area contributed by atoms with Crippen LogP contribution in [0.1, 0.15) is 16.3 Å². The molecule has 0 amide bonds. The quantitative estimate of drug-likeness (QED) is 0.660. The number of nitrogens with zero attached hydrogens (tertiary/aromatic N) is 3. The van der Waals surface area contributed by atoms with Crippen LogP contribution in [0.15, 0.2) is 34.0 Å². The van der Waals surface area contributed by atoms with Crippen molar-refractivity contribution in [3.63, 3.8) is 0 Å². The van der Waals surface area contributed by atoms with Crippen LogP contribution in [-0.4, -0.2) is 15.2 Å². The lowest BCUT2D eigenvalue weighted by Crippen LogP contribution is -1.84. The van der Waals surface area contributed by atoms with Gasteiger partial charge in [0.25, 0.3) is 0 Å². The van der Waals surface area contributed by atoms with Crippen molar-refractivity contribution < 1.29 is 0 Å². The molecule has 0 saturated carbocycles. The smallest absolute Gasteiger partial charge is 0.174 e. The summed E-state index contributed by atoms with van der Waals surface area (Å²) >= 11 is 5.03. The third-order valence-corrected chi connectivity index (χ3v) is 5.71. The lowest BCUT2D eigenvalue weighted by Gasteiger charge is -2.00. The first-order valence-corrected chi connectivity index (χ1v) is 8.84. The van der Waals surface area contributed by atoms with Crippen molar-refractivity contribution >= 4 is 34.4 Å². The number of hydrogen-bond acceptors (Lipinski definition) is 6. The minimum Gasteiger partial charge on any atom is -0.240 e. The van der Waals surface area contributed by atoms with Crippen molar-refractivity contribution in [2.75, 3.05) is 0 Å². The van der Waals surface area contributed by atoms with E-state index in [0.29, 0.717) is 0 Å². The summed E-state index contributed by atoms with van der Waals surface area (Å²) in [6.45, 7) is 4.09. The molecule has 20 heavy (non-hydrogen) atoms. The zero-order valence-corrected chi connectivity index (χ0v) is 13.6. The molecular weight excluding hydrogens is 306 g/mol. The molecule has 0 unspecified atom stereocenters. The molecule has 0 aliphatic rings. The molecule has 0 atom stereocenters. The number of thiazole rings is 1. The topological polar surface area (TPSA) is 38.7 Å². The van der Waals surface area contributed by atoms with Gasteiger partial charge in [-0.3, -0.25) is 0 Å². The predicted molar refractivity (Wildman–Crippen MR) is 86.5 cm³/mol. The molecule has 3 aromatic rings. The van der Waals surface area contributed by atoms with Crippen molar-refractivity contribution in [1.29, 1.82) is 0 Å². The average Bonchev–Trinajstić information content (AvgIpc) is 3.06. The molecule has 2 heterocycles. The molecule has 0 N–H and O–H groups in total. The van der Waals surface area contributed by atoms with Gasteiger partial charge in [-0.2, -0.15) is 0 Å². The van der Waals surface area contributed by atoms with E-state index in [-0.39, 0.29) is 0 Å².